The van der Waals surface area contributed by atoms with Crippen LogP contribution in [0.25, 0.3) is 0 Å². The average molecular weight is 382 g/mol. The summed E-state index contributed by atoms with van der Waals surface area (Å²) in [6.07, 6.45) is 6.93. The molecule has 0 N–H and O–H groups in total. The highest BCUT2D eigenvalue weighted by Crippen LogP contribution is 2.47. The molecule has 0 bridgehead atoms. The monoisotopic (exact) mass is 381 g/mol. The quantitative estimate of drug-likeness (QED) is 0.766. The second-order valence-electron chi connectivity index (χ2n) is 9.11. The minimum Gasteiger partial charge on any atom is -0.299 e. The molecule has 0 unspecified atom stereocenters. The van der Waals surface area contributed by atoms with Crippen molar-refractivity contribution in [3.05, 3.63) is 52.0 Å². The molecule has 27 heavy (non-hydrogen) atoms. The average Bonchev–Trinajstić information content (AvgIpc) is 3.47. The number of thiazole rings is 1. The van der Waals surface area contributed by atoms with Crippen molar-refractivity contribution in [2.45, 2.75) is 57.5 Å². The van der Waals surface area contributed by atoms with Crippen molar-refractivity contribution >= 4 is 11.3 Å². The van der Waals surface area contributed by atoms with Gasteiger partial charge in [-0.2, -0.15) is 0 Å². The number of rotatable bonds is 4. The van der Waals surface area contributed by atoms with Crippen LogP contribution in [-0.2, 0) is 6.54 Å². The molecule has 1 aliphatic carbocycles. The molecule has 2 saturated heterocycles. The van der Waals surface area contributed by atoms with Crippen molar-refractivity contribution in [2.75, 3.05) is 26.2 Å². The molecule has 1 aromatic heterocycles. The van der Waals surface area contributed by atoms with Crippen LogP contribution in [0.15, 0.2) is 35.7 Å². The van der Waals surface area contributed by atoms with E-state index in [4.69, 9.17) is 0 Å². The van der Waals surface area contributed by atoms with Crippen LogP contribution in [0.2, 0.25) is 0 Å². The van der Waals surface area contributed by atoms with Crippen molar-refractivity contribution in [3.63, 3.8) is 0 Å². The van der Waals surface area contributed by atoms with E-state index in [1.54, 1.807) is 16.9 Å². The van der Waals surface area contributed by atoms with E-state index in [-0.39, 0.29) is 0 Å². The third-order valence-corrected chi connectivity index (χ3v) is 7.80. The van der Waals surface area contributed by atoms with Gasteiger partial charge in [0.2, 0.25) is 0 Å². The second kappa shape index (κ2) is 7.31. The summed E-state index contributed by atoms with van der Waals surface area (Å²) in [5.74, 6) is 0.716. The lowest BCUT2D eigenvalue weighted by atomic mass is 9.68. The van der Waals surface area contributed by atoms with Gasteiger partial charge in [-0.1, -0.05) is 30.3 Å². The largest absolute Gasteiger partial charge is 0.299 e. The Bertz CT molecular complexity index is 759. The maximum absolute atomic E-state index is 4.67. The third kappa shape index (κ3) is 3.98. The van der Waals surface area contributed by atoms with E-state index in [2.05, 4.69) is 57.4 Å². The van der Waals surface area contributed by atoms with Crippen molar-refractivity contribution in [1.29, 1.82) is 0 Å². The first-order valence-electron chi connectivity index (χ1n) is 10.6. The summed E-state index contributed by atoms with van der Waals surface area (Å²) >= 11 is 1.78. The third-order valence-electron chi connectivity index (χ3n) is 6.98. The molecule has 1 atom stereocenters. The van der Waals surface area contributed by atoms with E-state index in [9.17, 15) is 0 Å². The first-order chi connectivity index (χ1) is 13.2. The second-order valence-corrected chi connectivity index (χ2v) is 10.2. The highest BCUT2D eigenvalue weighted by atomic mass is 32.1. The molecule has 4 heteroatoms. The Hall–Kier alpha value is -1.23. The van der Waals surface area contributed by atoms with Crippen LogP contribution in [0.3, 0.4) is 0 Å². The molecule has 3 aliphatic rings. The lowest BCUT2D eigenvalue weighted by Gasteiger charge is -2.50. The van der Waals surface area contributed by atoms with Crippen molar-refractivity contribution in [2.24, 2.45) is 5.41 Å². The summed E-state index contributed by atoms with van der Waals surface area (Å²) < 4.78 is 0. The van der Waals surface area contributed by atoms with Gasteiger partial charge in [-0.25, -0.2) is 4.98 Å². The number of aryl methyl sites for hydroxylation is 1. The molecular weight excluding hydrogens is 350 g/mol. The maximum atomic E-state index is 4.67. The van der Waals surface area contributed by atoms with Gasteiger partial charge < -0.3 is 0 Å². The SMILES string of the molecule is Cc1nc(CN2CCC3(CC2)C[C@H](c2ccccc2)CN(C2CC2)C3)cs1. The minimum atomic E-state index is 0.524. The summed E-state index contributed by atoms with van der Waals surface area (Å²) in [4.78, 5) is 10.2. The Labute approximate surface area is 167 Å². The van der Waals surface area contributed by atoms with Gasteiger partial charge in [0.1, 0.15) is 0 Å². The Morgan fingerprint density at radius 1 is 1.15 bits per heavy atom. The molecule has 3 heterocycles. The van der Waals surface area contributed by atoms with Crippen LogP contribution in [0.5, 0.6) is 0 Å². The number of likely N-dealkylation sites (tertiary alicyclic amines) is 2. The topological polar surface area (TPSA) is 19.4 Å². The number of aromatic nitrogens is 1. The highest BCUT2D eigenvalue weighted by Gasteiger charge is 2.45. The standard InChI is InChI=1S/C23H31N3S/c1-18-24-21(16-27-18)15-25-11-9-23(10-12-25)13-20(19-5-3-2-4-6-19)14-26(17-23)22-7-8-22/h2-6,16,20,22H,7-15,17H2,1H3/t20-/m0/s1. The van der Waals surface area contributed by atoms with Gasteiger partial charge >= 0.3 is 0 Å². The molecule has 2 aromatic rings. The lowest BCUT2D eigenvalue weighted by Crippen LogP contribution is -2.52. The molecule has 1 spiro atoms. The lowest BCUT2D eigenvalue weighted by molar-refractivity contribution is 0.00806. The van der Waals surface area contributed by atoms with Crippen LogP contribution < -0.4 is 0 Å². The molecule has 1 aromatic carbocycles. The molecule has 3 nitrogen and oxygen atoms in total. The molecule has 0 amide bonds. The highest BCUT2D eigenvalue weighted by molar-refractivity contribution is 7.09. The number of nitrogens with zero attached hydrogens (tertiary/aromatic N) is 3. The molecular formula is C23H31N3S. The Balaban J connectivity index is 1.28. The van der Waals surface area contributed by atoms with Gasteiger partial charge in [0.05, 0.1) is 10.7 Å². The zero-order valence-corrected chi connectivity index (χ0v) is 17.3. The van der Waals surface area contributed by atoms with E-state index in [1.807, 2.05) is 0 Å². The maximum Gasteiger partial charge on any atom is 0.0897 e. The number of hydrogen-bond acceptors (Lipinski definition) is 4. The molecule has 5 rings (SSSR count). The number of piperidine rings is 2. The summed E-state index contributed by atoms with van der Waals surface area (Å²) in [7, 11) is 0. The predicted molar refractivity (Wildman–Crippen MR) is 112 cm³/mol. The first kappa shape index (κ1) is 17.8. The van der Waals surface area contributed by atoms with Crippen molar-refractivity contribution in [3.8, 4) is 0 Å². The van der Waals surface area contributed by atoms with Crippen LogP contribution in [0, 0.1) is 12.3 Å². The van der Waals surface area contributed by atoms with Crippen LogP contribution in [0.1, 0.15) is 54.3 Å². The Kier molecular flexibility index (Phi) is 4.83. The molecule has 144 valence electrons. The van der Waals surface area contributed by atoms with Crippen molar-refractivity contribution in [1.82, 2.24) is 14.8 Å². The first-order valence-corrected chi connectivity index (χ1v) is 11.5. The number of benzene rings is 1. The fourth-order valence-corrected chi connectivity index (χ4v) is 5.96. The zero-order chi connectivity index (χ0) is 18.3. The van der Waals surface area contributed by atoms with Crippen molar-refractivity contribution < 1.29 is 0 Å². The van der Waals surface area contributed by atoms with Crippen LogP contribution in [-0.4, -0.2) is 47.0 Å². The van der Waals surface area contributed by atoms with Gasteiger partial charge in [0.25, 0.3) is 0 Å². The summed E-state index contributed by atoms with van der Waals surface area (Å²) in [5.41, 5.74) is 3.34. The molecule has 1 saturated carbocycles. The summed E-state index contributed by atoms with van der Waals surface area (Å²) in [6.45, 7) is 8.22. The molecule has 3 fully saturated rings. The zero-order valence-electron chi connectivity index (χ0n) is 16.4. The fourth-order valence-electron chi connectivity index (χ4n) is 5.35. The van der Waals surface area contributed by atoms with Crippen LogP contribution >= 0.6 is 11.3 Å². The van der Waals surface area contributed by atoms with E-state index >= 15 is 0 Å². The molecule has 2 aliphatic heterocycles. The van der Waals surface area contributed by atoms with E-state index in [0.717, 1.165) is 12.6 Å². The van der Waals surface area contributed by atoms with E-state index < -0.39 is 0 Å². The van der Waals surface area contributed by atoms with E-state index in [1.165, 1.54) is 69.0 Å². The minimum absolute atomic E-state index is 0.524. The van der Waals surface area contributed by atoms with Crippen LogP contribution in [0.4, 0.5) is 0 Å². The predicted octanol–water partition coefficient (Wildman–Crippen LogP) is 4.69. The summed E-state index contributed by atoms with van der Waals surface area (Å²) in [5, 5.41) is 3.43. The van der Waals surface area contributed by atoms with E-state index in [0.29, 0.717) is 11.3 Å². The van der Waals surface area contributed by atoms with Gasteiger partial charge in [-0.05, 0) is 69.0 Å². The Morgan fingerprint density at radius 3 is 2.59 bits per heavy atom. The molecule has 0 radical (unpaired) electrons. The number of hydrogen-bond donors (Lipinski definition) is 0. The normalized spacial score (nSPS) is 26.5. The Morgan fingerprint density at radius 2 is 1.93 bits per heavy atom. The smallest absolute Gasteiger partial charge is 0.0897 e. The van der Waals surface area contributed by atoms with Gasteiger partial charge in [0, 0.05) is 31.1 Å². The fraction of sp³-hybridized carbons (Fsp3) is 0.609. The van der Waals surface area contributed by atoms with Gasteiger partial charge in [-0.15, -0.1) is 11.3 Å². The van der Waals surface area contributed by atoms with Gasteiger partial charge in [-0.3, -0.25) is 9.80 Å². The summed E-state index contributed by atoms with van der Waals surface area (Å²) in [6, 6.07) is 12.2. The van der Waals surface area contributed by atoms with Gasteiger partial charge in [0.15, 0.2) is 0 Å².